The first-order chi connectivity index (χ1) is 9.90. The maximum atomic E-state index is 11.6. The lowest BCUT2D eigenvalue weighted by molar-refractivity contribution is -0.152. The van der Waals surface area contributed by atoms with E-state index in [0.717, 1.165) is 18.5 Å². The van der Waals surface area contributed by atoms with Crippen molar-refractivity contribution in [3.63, 3.8) is 0 Å². The third kappa shape index (κ3) is 10.5. The molecule has 0 saturated heterocycles. The van der Waals surface area contributed by atoms with Gasteiger partial charge < -0.3 is 14.3 Å². The molecule has 0 aromatic heterocycles. The highest BCUT2D eigenvalue weighted by Crippen LogP contribution is 2.38. The van der Waals surface area contributed by atoms with Gasteiger partial charge in [-0.2, -0.15) is 0 Å². The van der Waals surface area contributed by atoms with Crippen LogP contribution in [0.3, 0.4) is 0 Å². The van der Waals surface area contributed by atoms with E-state index < -0.39 is 11.0 Å². The third-order valence-electron chi connectivity index (χ3n) is 2.76. The fourth-order valence-electron chi connectivity index (χ4n) is 1.22. The molecule has 0 aromatic carbocycles. The molecule has 0 amide bonds. The standard InChI is InChI=1S/C16H30O4S2/c1-14(2,3)13(18)19-10-11-21-22-16(6,7)8-9-20-15(4,5)12-17/h12H,8-11H2,1-7H3. The van der Waals surface area contributed by atoms with E-state index in [1.807, 2.05) is 20.8 Å². The van der Waals surface area contributed by atoms with Crippen molar-refractivity contribution in [3.05, 3.63) is 0 Å². The summed E-state index contributed by atoms with van der Waals surface area (Å²) in [5, 5.41) is 0. The summed E-state index contributed by atoms with van der Waals surface area (Å²) < 4.78 is 10.8. The van der Waals surface area contributed by atoms with Gasteiger partial charge in [0.25, 0.3) is 0 Å². The summed E-state index contributed by atoms with van der Waals surface area (Å²) in [6.07, 6.45) is 1.68. The molecule has 0 atom stereocenters. The Kier molecular flexibility index (Phi) is 9.10. The van der Waals surface area contributed by atoms with Crippen molar-refractivity contribution in [2.75, 3.05) is 19.0 Å². The molecule has 0 aromatic rings. The van der Waals surface area contributed by atoms with Gasteiger partial charge in [-0.05, 0) is 54.9 Å². The summed E-state index contributed by atoms with van der Waals surface area (Å²) in [4.78, 5) is 22.4. The fourth-order valence-corrected chi connectivity index (χ4v) is 3.60. The zero-order valence-electron chi connectivity index (χ0n) is 14.9. The molecule has 0 aliphatic carbocycles. The Morgan fingerprint density at radius 2 is 1.64 bits per heavy atom. The van der Waals surface area contributed by atoms with Crippen LogP contribution in [0.25, 0.3) is 0 Å². The van der Waals surface area contributed by atoms with Crippen LogP contribution in [0.4, 0.5) is 0 Å². The van der Waals surface area contributed by atoms with Crippen LogP contribution in [0.15, 0.2) is 0 Å². The summed E-state index contributed by atoms with van der Waals surface area (Å²) >= 11 is 0. The van der Waals surface area contributed by atoms with Crippen molar-refractivity contribution >= 4 is 33.8 Å². The molecular formula is C16H30O4S2. The smallest absolute Gasteiger partial charge is 0.311 e. The van der Waals surface area contributed by atoms with Gasteiger partial charge in [0.2, 0.25) is 0 Å². The van der Waals surface area contributed by atoms with Crippen LogP contribution in [0.1, 0.15) is 54.9 Å². The lowest BCUT2D eigenvalue weighted by Gasteiger charge is -2.25. The SMILES string of the molecule is CC(C)(C=O)OCCC(C)(C)SSCCOC(=O)C(C)(C)C. The van der Waals surface area contributed by atoms with Crippen LogP contribution in [0.5, 0.6) is 0 Å². The second-order valence-corrected chi connectivity index (χ2v) is 10.5. The topological polar surface area (TPSA) is 52.6 Å². The van der Waals surface area contributed by atoms with E-state index in [2.05, 4.69) is 13.8 Å². The third-order valence-corrected chi connectivity index (χ3v) is 6.07. The number of hydrogen-bond donors (Lipinski definition) is 0. The van der Waals surface area contributed by atoms with Crippen LogP contribution >= 0.6 is 21.6 Å². The molecule has 0 saturated carbocycles. The number of ether oxygens (including phenoxy) is 2. The first-order valence-corrected chi connectivity index (χ1v) is 9.80. The summed E-state index contributed by atoms with van der Waals surface area (Å²) in [7, 11) is 3.44. The molecule has 0 aliphatic heterocycles. The minimum Gasteiger partial charge on any atom is -0.464 e. The molecule has 0 fully saturated rings. The Hall–Kier alpha value is -0.200. The monoisotopic (exact) mass is 350 g/mol. The zero-order chi connectivity index (χ0) is 17.4. The van der Waals surface area contributed by atoms with Crippen LogP contribution in [0, 0.1) is 5.41 Å². The molecule has 6 heteroatoms. The van der Waals surface area contributed by atoms with Gasteiger partial charge in [0.1, 0.15) is 12.2 Å². The maximum Gasteiger partial charge on any atom is 0.311 e. The van der Waals surface area contributed by atoms with Gasteiger partial charge in [-0.1, -0.05) is 21.6 Å². The molecule has 0 radical (unpaired) electrons. The molecule has 0 N–H and O–H groups in total. The zero-order valence-corrected chi connectivity index (χ0v) is 16.5. The van der Waals surface area contributed by atoms with Crippen molar-refractivity contribution in [1.29, 1.82) is 0 Å². The van der Waals surface area contributed by atoms with Gasteiger partial charge in [0, 0.05) is 17.1 Å². The second-order valence-electron chi connectivity index (χ2n) is 7.37. The van der Waals surface area contributed by atoms with Gasteiger partial charge in [0.15, 0.2) is 6.29 Å². The van der Waals surface area contributed by atoms with Gasteiger partial charge >= 0.3 is 5.97 Å². The minimum absolute atomic E-state index is 0.0394. The van der Waals surface area contributed by atoms with E-state index in [9.17, 15) is 9.59 Å². The lowest BCUT2D eigenvalue weighted by Crippen LogP contribution is -2.28. The quantitative estimate of drug-likeness (QED) is 0.256. The summed E-state index contributed by atoms with van der Waals surface area (Å²) in [6.45, 7) is 14.3. The molecule has 0 rings (SSSR count). The number of carbonyl (C=O) groups excluding carboxylic acids is 2. The Labute approximate surface area is 142 Å². The molecule has 0 heterocycles. The predicted octanol–water partition coefficient (Wildman–Crippen LogP) is 4.12. The summed E-state index contributed by atoms with van der Waals surface area (Å²) in [5.41, 5.74) is -1.16. The Morgan fingerprint density at radius 3 is 2.14 bits per heavy atom. The molecule has 22 heavy (non-hydrogen) atoms. The van der Waals surface area contributed by atoms with E-state index in [-0.39, 0.29) is 10.7 Å². The van der Waals surface area contributed by atoms with Crippen LogP contribution in [0.2, 0.25) is 0 Å². The molecule has 0 bridgehead atoms. The average molecular weight is 351 g/mol. The highest BCUT2D eigenvalue weighted by molar-refractivity contribution is 8.77. The van der Waals surface area contributed by atoms with Gasteiger partial charge in [-0.15, -0.1) is 0 Å². The average Bonchev–Trinajstić information content (AvgIpc) is 2.36. The van der Waals surface area contributed by atoms with Crippen LogP contribution in [-0.2, 0) is 19.1 Å². The number of aldehydes is 1. The molecule has 130 valence electrons. The Bertz CT molecular complexity index is 360. The van der Waals surface area contributed by atoms with E-state index in [0.29, 0.717) is 13.2 Å². The molecule has 0 spiro atoms. The Morgan fingerprint density at radius 1 is 1.05 bits per heavy atom. The summed E-state index contributed by atoms with van der Waals surface area (Å²) in [6, 6.07) is 0. The van der Waals surface area contributed by atoms with Crippen molar-refractivity contribution in [3.8, 4) is 0 Å². The van der Waals surface area contributed by atoms with E-state index in [1.54, 1.807) is 35.4 Å². The van der Waals surface area contributed by atoms with Crippen LogP contribution in [-0.4, -0.2) is 41.6 Å². The van der Waals surface area contributed by atoms with E-state index >= 15 is 0 Å². The van der Waals surface area contributed by atoms with E-state index in [1.165, 1.54) is 0 Å². The Balaban J connectivity index is 3.85. The van der Waals surface area contributed by atoms with Crippen LogP contribution < -0.4 is 0 Å². The normalized spacial score (nSPS) is 13.0. The number of hydrogen-bond acceptors (Lipinski definition) is 6. The minimum atomic E-state index is -0.713. The number of carbonyl (C=O) groups is 2. The fraction of sp³-hybridized carbons (Fsp3) is 0.875. The molecule has 0 unspecified atom stereocenters. The predicted molar refractivity (Wildman–Crippen MR) is 95.3 cm³/mol. The van der Waals surface area contributed by atoms with Gasteiger partial charge in [-0.3, -0.25) is 4.79 Å². The first kappa shape index (κ1) is 21.8. The maximum absolute atomic E-state index is 11.6. The summed E-state index contributed by atoms with van der Waals surface area (Å²) in [5.74, 6) is 0.596. The second kappa shape index (κ2) is 9.18. The van der Waals surface area contributed by atoms with Crippen molar-refractivity contribution < 1.29 is 19.1 Å². The number of esters is 1. The first-order valence-electron chi connectivity index (χ1n) is 7.48. The molecule has 4 nitrogen and oxygen atoms in total. The van der Waals surface area contributed by atoms with Crippen molar-refractivity contribution in [2.24, 2.45) is 5.41 Å². The highest BCUT2D eigenvalue weighted by Gasteiger charge is 2.24. The van der Waals surface area contributed by atoms with Crippen molar-refractivity contribution in [1.82, 2.24) is 0 Å². The lowest BCUT2D eigenvalue weighted by atomic mass is 9.97. The number of rotatable bonds is 10. The largest absolute Gasteiger partial charge is 0.464 e. The van der Waals surface area contributed by atoms with Gasteiger partial charge in [-0.25, -0.2) is 0 Å². The molecule has 0 aliphatic rings. The van der Waals surface area contributed by atoms with Crippen molar-refractivity contribution in [2.45, 2.75) is 65.2 Å². The van der Waals surface area contributed by atoms with E-state index in [4.69, 9.17) is 9.47 Å². The highest BCUT2D eigenvalue weighted by atomic mass is 33.1. The van der Waals surface area contributed by atoms with Gasteiger partial charge in [0.05, 0.1) is 5.41 Å². The molecular weight excluding hydrogens is 320 g/mol.